The third-order valence-corrected chi connectivity index (χ3v) is 5.14. The van der Waals surface area contributed by atoms with Crippen LogP contribution in [0.3, 0.4) is 0 Å². The first-order valence-electron chi connectivity index (χ1n) is 9.49. The first kappa shape index (κ1) is 21.1. The van der Waals surface area contributed by atoms with Gasteiger partial charge >= 0.3 is 0 Å². The lowest BCUT2D eigenvalue weighted by Crippen LogP contribution is -2.25. The number of aryl methyl sites for hydroxylation is 1. The quantitative estimate of drug-likeness (QED) is 0.640. The number of hydrogen-bond acceptors (Lipinski definition) is 7. The van der Waals surface area contributed by atoms with E-state index >= 15 is 0 Å². The molecular weight excluding hydrogens is 384 g/mol. The molecule has 0 spiro atoms. The molecule has 0 amide bonds. The van der Waals surface area contributed by atoms with Gasteiger partial charge in [-0.2, -0.15) is 15.2 Å². The van der Waals surface area contributed by atoms with Crippen molar-refractivity contribution in [3.8, 4) is 23.6 Å². The van der Waals surface area contributed by atoms with Crippen molar-refractivity contribution >= 4 is 10.9 Å². The fraction of sp³-hybridized carbons (Fsp3) is 0.364. The van der Waals surface area contributed by atoms with Gasteiger partial charge in [0, 0.05) is 17.4 Å². The summed E-state index contributed by atoms with van der Waals surface area (Å²) >= 11 is 0. The summed E-state index contributed by atoms with van der Waals surface area (Å²) in [7, 11) is 4.57. The molecule has 0 radical (unpaired) electrons. The molecular formula is C22H24N4O4. The molecule has 8 nitrogen and oxygen atoms in total. The summed E-state index contributed by atoms with van der Waals surface area (Å²) in [5.74, 6) is 1.69. The molecule has 0 aliphatic carbocycles. The summed E-state index contributed by atoms with van der Waals surface area (Å²) < 4.78 is 16.0. The normalized spacial score (nSPS) is 12.8. The minimum atomic E-state index is -0.987. The third-order valence-electron chi connectivity index (χ3n) is 5.14. The van der Waals surface area contributed by atoms with E-state index in [2.05, 4.69) is 21.0 Å². The highest BCUT2D eigenvalue weighted by Crippen LogP contribution is 2.34. The van der Waals surface area contributed by atoms with E-state index in [0.29, 0.717) is 46.4 Å². The van der Waals surface area contributed by atoms with Gasteiger partial charge in [0.15, 0.2) is 0 Å². The highest BCUT2D eigenvalue weighted by atomic mass is 16.5. The second-order valence-corrected chi connectivity index (χ2v) is 7.11. The van der Waals surface area contributed by atoms with E-state index in [0.717, 1.165) is 5.39 Å². The van der Waals surface area contributed by atoms with E-state index in [1.165, 1.54) is 14.2 Å². The molecule has 1 atom stereocenters. The number of pyridine rings is 1. The standard InChI is InChI=1S/C22H24N4O4/c1-6-13-7-15-16(24-21(13)27)8-14(9-17(15)28-3)22(2,12-23)11-18-25-19(29-4)10-20(26-18)30-5/h7-10H,6,11H2,1-5H3,(H,24,27)/t22-/m0/s1. The molecule has 3 rings (SSSR count). The Morgan fingerprint density at radius 2 is 1.73 bits per heavy atom. The molecule has 0 fully saturated rings. The molecule has 0 saturated heterocycles. The fourth-order valence-electron chi connectivity index (χ4n) is 3.33. The highest BCUT2D eigenvalue weighted by Gasteiger charge is 2.30. The van der Waals surface area contributed by atoms with Gasteiger partial charge in [-0.25, -0.2) is 0 Å². The van der Waals surface area contributed by atoms with Gasteiger partial charge in [-0.3, -0.25) is 4.79 Å². The van der Waals surface area contributed by atoms with Gasteiger partial charge in [0.25, 0.3) is 5.56 Å². The Morgan fingerprint density at radius 3 is 2.27 bits per heavy atom. The predicted molar refractivity (Wildman–Crippen MR) is 112 cm³/mol. The summed E-state index contributed by atoms with van der Waals surface area (Å²) in [6.45, 7) is 3.72. The maximum absolute atomic E-state index is 12.3. The molecule has 8 heteroatoms. The summed E-state index contributed by atoms with van der Waals surface area (Å²) in [5, 5.41) is 10.8. The maximum Gasteiger partial charge on any atom is 0.251 e. The Bertz CT molecular complexity index is 1160. The smallest absolute Gasteiger partial charge is 0.251 e. The summed E-state index contributed by atoms with van der Waals surface area (Å²) in [6, 6.07) is 9.39. The van der Waals surface area contributed by atoms with E-state index in [1.54, 1.807) is 26.2 Å². The summed E-state index contributed by atoms with van der Waals surface area (Å²) in [6.07, 6.45) is 0.824. The Balaban J connectivity index is 2.14. The number of benzene rings is 1. The number of nitrogens with one attached hydrogen (secondary N) is 1. The number of methoxy groups -OCH3 is 3. The second kappa shape index (κ2) is 8.41. The van der Waals surface area contributed by atoms with Crippen LogP contribution in [0.4, 0.5) is 0 Å². The van der Waals surface area contributed by atoms with E-state index < -0.39 is 5.41 Å². The van der Waals surface area contributed by atoms with Crippen molar-refractivity contribution in [1.82, 2.24) is 15.0 Å². The zero-order valence-electron chi connectivity index (χ0n) is 17.7. The van der Waals surface area contributed by atoms with Crippen LogP contribution in [0.2, 0.25) is 0 Å². The van der Waals surface area contributed by atoms with Crippen LogP contribution in [0.1, 0.15) is 30.8 Å². The van der Waals surface area contributed by atoms with Crippen molar-refractivity contribution in [3.63, 3.8) is 0 Å². The van der Waals surface area contributed by atoms with Gasteiger partial charge in [-0.15, -0.1) is 0 Å². The van der Waals surface area contributed by atoms with Crippen molar-refractivity contribution in [2.75, 3.05) is 21.3 Å². The summed E-state index contributed by atoms with van der Waals surface area (Å²) in [4.78, 5) is 23.9. The number of aromatic nitrogens is 3. The lowest BCUT2D eigenvalue weighted by Gasteiger charge is -2.23. The number of aromatic amines is 1. The SMILES string of the molecule is CCc1cc2c(OC)cc([C@](C)(C#N)Cc3nc(OC)cc(OC)n3)cc2[nH]c1=O. The molecule has 2 aromatic heterocycles. The number of H-pyrrole nitrogens is 1. The molecule has 1 aromatic carbocycles. The largest absolute Gasteiger partial charge is 0.496 e. The van der Waals surface area contributed by atoms with Gasteiger partial charge in [0.1, 0.15) is 11.6 Å². The predicted octanol–water partition coefficient (Wildman–Crippen LogP) is 2.93. The average Bonchev–Trinajstić information content (AvgIpc) is 2.77. The minimum absolute atomic E-state index is 0.149. The molecule has 30 heavy (non-hydrogen) atoms. The van der Waals surface area contributed by atoms with Crippen LogP contribution in [0.15, 0.2) is 29.1 Å². The van der Waals surface area contributed by atoms with Crippen LogP contribution in [0, 0.1) is 11.3 Å². The molecule has 0 saturated carbocycles. The molecule has 0 bridgehead atoms. The number of hydrogen-bond donors (Lipinski definition) is 1. The van der Waals surface area contributed by atoms with E-state index in [9.17, 15) is 10.1 Å². The van der Waals surface area contributed by atoms with Gasteiger partial charge in [-0.1, -0.05) is 6.92 Å². The van der Waals surface area contributed by atoms with Crippen LogP contribution in [0.5, 0.6) is 17.5 Å². The molecule has 156 valence electrons. The van der Waals surface area contributed by atoms with Gasteiger partial charge in [0.05, 0.1) is 44.4 Å². The maximum atomic E-state index is 12.3. The molecule has 0 unspecified atom stereocenters. The Hall–Kier alpha value is -3.60. The molecule has 0 aliphatic heterocycles. The number of ether oxygens (including phenoxy) is 3. The van der Waals surface area contributed by atoms with E-state index in [-0.39, 0.29) is 12.0 Å². The number of nitrogens with zero attached hydrogens (tertiary/aromatic N) is 3. The number of rotatable bonds is 7. The molecule has 1 N–H and O–H groups in total. The van der Waals surface area contributed by atoms with Gasteiger partial charge in [-0.05, 0) is 37.1 Å². The minimum Gasteiger partial charge on any atom is -0.496 e. The fourth-order valence-corrected chi connectivity index (χ4v) is 3.33. The average molecular weight is 408 g/mol. The number of nitriles is 1. The van der Waals surface area contributed by atoms with Crippen LogP contribution < -0.4 is 19.8 Å². The van der Waals surface area contributed by atoms with Crippen molar-refractivity contribution in [2.45, 2.75) is 32.1 Å². The van der Waals surface area contributed by atoms with Gasteiger partial charge < -0.3 is 19.2 Å². The first-order chi connectivity index (χ1) is 14.4. The Kier molecular flexibility index (Phi) is 5.92. The third kappa shape index (κ3) is 3.92. The van der Waals surface area contributed by atoms with E-state index in [4.69, 9.17) is 14.2 Å². The Morgan fingerprint density at radius 1 is 1.07 bits per heavy atom. The zero-order valence-corrected chi connectivity index (χ0v) is 17.7. The number of fused-ring (bicyclic) bond motifs is 1. The van der Waals surface area contributed by atoms with Crippen LogP contribution >= 0.6 is 0 Å². The lowest BCUT2D eigenvalue weighted by atomic mass is 9.80. The zero-order chi connectivity index (χ0) is 21.9. The highest BCUT2D eigenvalue weighted by molar-refractivity contribution is 5.86. The molecule has 2 heterocycles. The van der Waals surface area contributed by atoms with Crippen LogP contribution in [-0.4, -0.2) is 36.3 Å². The van der Waals surface area contributed by atoms with E-state index in [1.807, 2.05) is 19.1 Å². The Labute approximate surface area is 174 Å². The van der Waals surface area contributed by atoms with Crippen LogP contribution in [0.25, 0.3) is 10.9 Å². The topological polar surface area (TPSA) is 110 Å². The van der Waals surface area contributed by atoms with Crippen molar-refractivity contribution < 1.29 is 14.2 Å². The summed E-state index contributed by atoms with van der Waals surface area (Å²) in [5.41, 5.74) is 0.827. The van der Waals surface area contributed by atoms with Crippen molar-refractivity contribution in [1.29, 1.82) is 5.26 Å². The van der Waals surface area contributed by atoms with Crippen molar-refractivity contribution in [3.05, 3.63) is 51.6 Å². The first-order valence-corrected chi connectivity index (χ1v) is 9.49. The van der Waals surface area contributed by atoms with Gasteiger partial charge in [0.2, 0.25) is 11.8 Å². The monoisotopic (exact) mass is 408 g/mol. The second-order valence-electron chi connectivity index (χ2n) is 7.11. The molecule has 3 aromatic rings. The van der Waals surface area contributed by atoms with Crippen LogP contribution in [-0.2, 0) is 18.3 Å². The molecule has 0 aliphatic rings. The van der Waals surface area contributed by atoms with Crippen molar-refractivity contribution in [2.24, 2.45) is 0 Å². The lowest BCUT2D eigenvalue weighted by molar-refractivity contribution is 0.366.